The van der Waals surface area contributed by atoms with Crippen molar-refractivity contribution < 1.29 is 10.2 Å². The van der Waals surface area contributed by atoms with Crippen molar-refractivity contribution in [2.45, 2.75) is 84.2 Å². The molecule has 1 unspecified atom stereocenters. The third-order valence-electron chi connectivity index (χ3n) is 3.02. The van der Waals surface area contributed by atoms with Gasteiger partial charge in [-0.3, -0.25) is 0 Å². The monoisotopic (exact) mass is 242 g/mol. The summed E-state index contributed by atoms with van der Waals surface area (Å²) in [6.45, 7) is 4.36. The molecular weight excluding hydrogens is 212 g/mol. The largest absolute Gasteiger partial charge is 0.513 e. The Morgan fingerprint density at radius 2 is 1.53 bits per heavy atom. The Morgan fingerprint density at radius 3 is 2.12 bits per heavy atom. The van der Waals surface area contributed by atoms with Gasteiger partial charge in [-0.1, -0.05) is 58.8 Å². The maximum absolute atomic E-state index is 9.69. The number of aliphatic hydroxyl groups excluding tert-OH is 2. The van der Waals surface area contributed by atoms with E-state index in [0.717, 1.165) is 19.3 Å². The first-order valence-corrected chi connectivity index (χ1v) is 7.28. The van der Waals surface area contributed by atoms with Crippen LogP contribution in [0.15, 0.2) is 11.8 Å². The second-order valence-electron chi connectivity index (χ2n) is 4.89. The summed E-state index contributed by atoms with van der Waals surface area (Å²) >= 11 is 0. The first kappa shape index (κ1) is 16.5. The summed E-state index contributed by atoms with van der Waals surface area (Å²) in [4.78, 5) is 0. The quantitative estimate of drug-likeness (QED) is 0.406. The second-order valence-corrected chi connectivity index (χ2v) is 4.89. The fourth-order valence-electron chi connectivity index (χ4n) is 1.90. The van der Waals surface area contributed by atoms with Crippen molar-refractivity contribution >= 4 is 0 Å². The van der Waals surface area contributed by atoms with E-state index >= 15 is 0 Å². The summed E-state index contributed by atoms with van der Waals surface area (Å²) in [5.41, 5.74) is 0. The van der Waals surface area contributed by atoms with E-state index in [1.54, 1.807) is 6.08 Å². The van der Waals surface area contributed by atoms with Crippen molar-refractivity contribution in [1.82, 2.24) is 0 Å². The Balaban J connectivity index is 3.55. The molecule has 0 heterocycles. The standard InChI is InChI=1S/C15H30O2/c1-3-5-7-9-11-14(16)13-15(17)12-10-8-6-4-2/h13-14,16-17H,3-12H2,1-2H3. The molecule has 0 amide bonds. The van der Waals surface area contributed by atoms with Gasteiger partial charge in [0.1, 0.15) is 0 Å². The van der Waals surface area contributed by atoms with Crippen molar-refractivity contribution in [3.05, 3.63) is 11.8 Å². The van der Waals surface area contributed by atoms with E-state index in [4.69, 9.17) is 0 Å². The molecule has 1 atom stereocenters. The fourth-order valence-corrected chi connectivity index (χ4v) is 1.90. The lowest BCUT2D eigenvalue weighted by molar-refractivity contribution is 0.201. The second kappa shape index (κ2) is 12.0. The molecule has 17 heavy (non-hydrogen) atoms. The van der Waals surface area contributed by atoms with Gasteiger partial charge in [0.2, 0.25) is 0 Å². The summed E-state index contributed by atoms with van der Waals surface area (Å²) in [6, 6.07) is 0. The minimum absolute atomic E-state index is 0.365. The number of aliphatic hydroxyl groups is 2. The highest BCUT2D eigenvalue weighted by atomic mass is 16.3. The van der Waals surface area contributed by atoms with Crippen LogP contribution in [0.5, 0.6) is 0 Å². The van der Waals surface area contributed by atoms with Crippen LogP contribution in [-0.2, 0) is 0 Å². The summed E-state index contributed by atoms with van der Waals surface area (Å²) in [6.07, 6.45) is 12.0. The first-order valence-electron chi connectivity index (χ1n) is 7.28. The predicted molar refractivity (Wildman–Crippen MR) is 74.2 cm³/mol. The van der Waals surface area contributed by atoms with Crippen LogP contribution in [-0.4, -0.2) is 16.3 Å². The van der Waals surface area contributed by atoms with E-state index in [1.807, 2.05) is 0 Å². The van der Waals surface area contributed by atoms with E-state index in [9.17, 15) is 10.2 Å². The molecule has 2 heteroatoms. The number of allylic oxidation sites excluding steroid dienone is 1. The smallest absolute Gasteiger partial charge is 0.0908 e. The Kier molecular flexibility index (Phi) is 11.6. The zero-order valence-corrected chi connectivity index (χ0v) is 11.6. The number of hydrogen-bond donors (Lipinski definition) is 2. The molecular formula is C15H30O2. The van der Waals surface area contributed by atoms with Crippen molar-refractivity contribution in [2.24, 2.45) is 0 Å². The predicted octanol–water partition coefficient (Wildman–Crippen LogP) is 4.73. The summed E-state index contributed by atoms with van der Waals surface area (Å²) < 4.78 is 0. The SMILES string of the molecule is CCCCCCC(O)=CC(O)CCCCCC. The molecule has 2 N–H and O–H groups in total. The number of rotatable bonds is 11. The molecule has 0 aromatic rings. The molecule has 0 fully saturated rings. The molecule has 0 bridgehead atoms. The van der Waals surface area contributed by atoms with Crippen LogP contribution in [0.1, 0.15) is 78.1 Å². The third-order valence-corrected chi connectivity index (χ3v) is 3.02. The lowest BCUT2D eigenvalue weighted by Gasteiger charge is -2.07. The normalized spacial score (nSPS) is 13.9. The first-order chi connectivity index (χ1) is 8.20. The van der Waals surface area contributed by atoms with Gasteiger partial charge in [-0.05, 0) is 18.9 Å². The lowest BCUT2D eigenvalue weighted by Crippen LogP contribution is -2.03. The van der Waals surface area contributed by atoms with Crippen molar-refractivity contribution in [3.8, 4) is 0 Å². The highest BCUT2D eigenvalue weighted by Crippen LogP contribution is 2.11. The van der Waals surface area contributed by atoms with Crippen LogP contribution in [0.3, 0.4) is 0 Å². The van der Waals surface area contributed by atoms with Gasteiger partial charge in [0.25, 0.3) is 0 Å². The molecule has 0 aliphatic carbocycles. The molecule has 0 aliphatic rings. The minimum atomic E-state index is -0.460. The zero-order valence-electron chi connectivity index (χ0n) is 11.6. The minimum Gasteiger partial charge on any atom is -0.513 e. The van der Waals surface area contributed by atoms with E-state index in [0.29, 0.717) is 12.2 Å². The van der Waals surface area contributed by atoms with Gasteiger partial charge < -0.3 is 10.2 Å². The van der Waals surface area contributed by atoms with Crippen LogP contribution in [0.25, 0.3) is 0 Å². The fraction of sp³-hybridized carbons (Fsp3) is 0.867. The lowest BCUT2D eigenvalue weighted by atomic mass is 10.1. The van der Waals surface area contributed by atoms with Gasteiger partial charge in [-0.2, -0.15) is 0 Å². The van der Waals surface area contributed by atoms with E-state index in [1.165, 1.54) is 38.5 Å². The molecule has 0 aromatic heterocycles. The van der Waals surface area contributed by atoms with Gasteiger partial charge in [0, 0.05) is 6.42 Å². The zero-order chi connectivity index (χ0) is 12.9. The Morgan fingerprint density at radius 1 is 0.941 bits per heavy atom. The highest BCUT2D eigenvalue weighted by Gasteiger charge is 2.02. The van der Waals surface area contributed by atoms with Crippen LogP contribution >= 0.6 is 0 Å². The van der Waals surface area contributed by atoms with E-state index in [-0.39, 0.29) is 0 Å². The van der Waals surface area contributed by atoms with Crippen LogP contribution in [0.2, 0.25) is 0 Å². The Bertz CT molecular complexity index is 187. The van der Waals surface area contributed by atoms with Crippen molar-refractivity contribution in [1.29, 1.82) is 0 Å². The summed E-state index contributed by atoms with van der Waals surface area (Å²) in [5, 5.41) is 19.3. The molecule has 0 aromatic carbocycles. The third kappa shape index (κ3) is 11.8. The van der Waals surface area contributed by atoms with Crippen molar-refractivity contribution in [2.75, 3.05) is 0 Å². The van der Waals surface area contributed by atoms with E-state index in [2.05, 4.69) is 13.8 Å². The number of unbranched alkanes of at least 4 members (excludes halogenated alkanes) is 6. The van der Waals surface area contributed by atoms with Crippen LogP contribution < -0.4 is 0 Å². The van der Waals surface area contributed by atoms with Gasteiger partial charge in [-0.15, -0.1) is 0 Å². The Hall–Kier alpha value is -0.500. The van der Waals surface area contributed by atoms with Crippen LogP contribution in [0, 0.1) is 0 Å². The molecule has 0 aliphatic heterocycles. The molecule has 0 spiro atoms. The highest BCUT2D eigenvalue weighted by molar-refractivity contribution is 4.95. The molecule has 2 nitrogen and oxygen atoms in total. The van der Waals surface area contributed by atoms with E-state index < -0.39 is 6.10 Å². The maximum atomic E-state index is 9.69. The van der Waals surface area contributed by atoms with Gasteiger partial charge in [-0.25, -0.2) is 0 Å². The average molecular weight is 242 g/mol. The summed E-state index contributed by atoms with van der Waals surface area (Å²) in [5.74, 6) is 0.365. The molecule has 102 valence electrons. The average Bonchev–Trinajstić information content (AvgIpc) is 2.30. The summed E-state index contributed by atoms with van der Waals surface area (Å²) in [7, 11) is 0. The maximum Gasteiger partial charge on any atom is 0.0908 e. The van der Waals surface area contributed by atoms with Gasteiger partial charge in [0.05, 0.1) is 11.9 Å². The molecule has 0 saturated carbocycles. The van der Waals surface area contributed by atoms with Crippen molar-refractivity contribution in [3.63, 3.8) is 0 Å². The molecule has 0 radical (unpaired) electrons. The molecule has 0 saturated heterocycles. The van der Waals surface area contributed by atoms with Crippen LogP contribution in [0.4, 0.5) is 0 Å². The topological polar surface area (TPSA) is 40.5 Å². The van der Waals surface area contributed by atoms with Gasteiger partial charge >= 0.3 is 0 Å². The number of hydrogen-bond acceptors (Lipinski definition) is 2. The molecule has 0 rings (SSSR count). The van der Waals surface area contributed by atoms with Gasteiger partial charge in [0.15, 0.2) is 0 Å². The Labute approximate surface area is 107 Å².